The van der Waals surface area contributed by atoms with Crippen LogP contribution < -0.4 is 15.8 Å². The van der Waals surface area contributed by atoms with Gasteiger partial charge in [0.1, 0.15) is 11.6 Å². The number of nitrogens with one attached hydrogen (secondary N) is 1. The third-order valence-electron chi connectivity index (χ3n) is 6.32. The summed E-state index contributed by atoms with van der Waals surface area (Å²) >= 11 is 1.53. The second-order valence-corrected chi connectivity index (χ2v) is 10.9. The van der Waals surface area contributed by atoms with E-state index in [-0.39, 0.29) is 11.5 Å². The summed E-state index contributed by atoms with van der Waals surface area (Å²) in [7, 11) is 3.77. The van der Waals surface area contributed by atoms with Crippen molar-refractivity contribution >= 4 is 36.0 Å². The molecule has 0 radical (unpaired) electrons. The standard InChI is InChI=1S/C29H36N4O2S/c1-21-17-24(8-7-23(21)18-22(2)33-14-12-32(5)13-15-33)27-10-9-26(36-27)19-25(20-30)28(34)31-29(3,4)11-16-35-6/h7-10,17-19H,1-2,11-16H2,3-6H3,(H,31,34)/b23-18-,25-19+. The Hall–Kier alpha value is -3.18. The molecule has 7 heteroatoms. The summed E-state index contributed by atoms with van der Waals surface area (Å²) in [5.74, 6) is -0.380. The van der Waals surface area contributed by atoms with Gasteiger partial charge < -0.3 is 19.9 Å². The number of carbonyl (C=O) groups excluding carboxylic acids is 1. The van der Waals surface area contributed by atoms with Gasteiger partial charge in [0.25, 0.3) is 5.91 Å². The van der Waals surface area contributed by atoms with E-state index in [1.54, 1.807) is 13.2 Å². The zero-order valence-electron chi connectivity index (χ0n) is 21.8. The molecular weight excluding hydrogens is 468 g/mol. The molecule has 1 aromatic heterocycles. The Balaban J connectivity index is 1.74. The number of likely N-dealkylation sites (N-methyl/N-ethyl adjacent to an activating group) is 1. The first-order valence-electron chi connectivity index (χ1n) is 12.1. The first-order chi connectivity index (χ1) is 17.1. The number of hydrogen-bond donors (Lipinski definition) is 1. The summed E-state index contributed by atoms with van der Waals surface area (Å²) in [5, 5.41) is 14.5. The van der Waals surface area contributed by atoms with Crippen LogP contribution in [0.25, 0.3) is 29.2 Å². The molecule has 1 fully saturated rings. The number of amides is 1. The van der Waals surface area contributed by atoms with Crippen LogP contribution in [0.2, 0.25) is 0 Å². The highest BCUT2D eigenvalue weighted by Gasteiger charge is 2.22. The van der Waals surface area contributed by atoms with Crippen LogP contribution in [0.5, 0.6) is 0 Å². The van der Waals surface area contributed by atoms with Crippen molar-refractivity contribution in [3.05, 3.63) is 63.5 Å². The summed E-state index contributed by atoms with van der Waals surface area (Å²) in [6.07, 6.45) is 4.40. The lowest BCUT2D eigenvalue weighted by Crippen LogP contribution is -2.44. The molecule has 1 aliphatic heterocycles. The van der Waals surface area contributed by atoms with Crippen molar-refractivity contribution in [2.24, 2.45) is 0 Å². The van der Waals surface area contributed by atoms with E-state index in [9.17, 15) is 10.1 Å². The third-order valence-corrected chi connectivity index (χ3v) is 7.40. The highest BCUT2D eigenvalue weighted by atomic mass is 32.1. The number of thiophene rings is 1. The fourth-order valence-corrected chi connectivity index (χ4v) is 4.88. The van der Waals surface area contributed by atoms with E-state index in [1.165, 1.54) is 11.3 Å². The summed E-state index contributed by atoms with van der Waals surface area (Å²) in [5.41, 5.74) is 1.68. The highest BCUT2D eigenvalue weighted by Crippen LogP contribution is 2.28. The Morgan fingerprint density at radius 2 is 1.97 bits per heavy atom. The highest BCUT2D eigenvalue weighted by molar-refractivity contribution is 7.16. The Labute approximate surface area is 218 Å². The molecule has 0 bridgehead atoms. The van der Waals surface area contributed by atoms with Gasteiger partial charge in [0.2, 0.25) is 0 Å². The Morgan fingerprint density at radius 1 is 1.25 bits per heavy atom. The molecule has 0 spiro atoms. The lowest BCUT2D eigenvalue weighted by molar-refractivity contribution is -0.118. The largest absolute Gasteiger partial charge is 0.385 e. The number of methoxy groups -OCH3 is 1. The molecule has 1 aliphatic rings. The number of ether oxygens (including phenoxy) is 1. The number of nitrogens with zero attached hydrogens (tertiary/aromatic N) is 3. The van der Waals surface area contributed by atoms with Crippen LogP contribution in [-0.2, 0) is 9.53 Å². The van der Waals surface area contributed by atoms with Crippen molar-refractivity contribution in [3.63, 3.8) is 0 Å². The van der Waals surface area contributed by atoms with E-state index in [0.29, 0.717) is 13.0 Å². The molecule has 1 N–H and O–H groups in total. The van der Waals surface area contributed by atoms with Gasteiger partial charge in [-0.1, -0.05) is 25.3 Å². The Kier molecular flexibility index (Phi) is 9.27. The summed E-state index contributed by atoms with van der Waals surface area (Å²) in [6, 6.07) is 12.2. The Bertz CT molecular complexity index is 1280. The summed E-state index contributed by atoms with van der Waals surface area (Å²) in [4.78, 5) is 19.2. The van der Waals surface area contributed by atoms with Crippen molar-refractivity contribution in [2.45, 2.75) is 25.8 Å². The molecule has 0 saturated carbocycles. The normalized spacial score (nSPS) is 15.6. The predicted molar refractivity (Wildman–Crippen MR) is 150 cm³/mol. The first-order valence-corrected chi connectivity index (χ1v) is 12.9. The van der Waals surface area contributed by atoms with Crippen LogP contribution in [0.3, 0.4) is 0 Å². The van der Waals surface area contributed by atoms with Crippen LogP contribution >= 0.6 is 11.3 Å². The minimum Gasteiger partial charge on any atom is -0.385 e. The molecule has 36 heavy (non-hydrogen) atoms. The minimum absolute atomic E-state index is 0.0825. The van der Waals surface area contributed by atoms with Crippen LogP contribution in [0.15, 0.2) is 48.2 Å². The van der Waals surface area contributed by atoms with E-state index in [2.05, 4.69) is 59.6 Å². The third kappa shape index (κ3) is 7.41. The van der Waals surface area contributed by atoms with E-state index in [1.807, 2.05) is 32.0 Å². The minimum atomic E-state index is -0.470. The maximum atomic E-state index is 12.7. The number of rotatable bonds is 9. The van der Waals surface area contributed by atoms with E-state index in [0.717, 1.165) is 57.6 Å². The van der Waals surface area contributed by atoms with Crippen LogP contribution in [0.4, 0.5) is 0 Å². The first kappa shape index (κ1) is 27.4. The maximum Gasteiger partial charge on any atom is 0.262 e. The molecule has 2 heterocycles. The number of piperazine rings is 1. The van der Waals surface area contributed by atoms with Crippen molar-refractivity contribution in [1.29, 1.82) is 5.26 Å². The molecule has 1 saturated heterocycles. The van der Waals surface area contributed by atoms with Crippen molar-refractivity contribution < 1.29 is 9.53 Å². The number of nitriles is 1. The quantitative estimate of drug-likeness (QED) is 0.420. The molecule has 0 atom stereocenters. The van der Waals surface area contributed by atoms with Gasteiger partial charge in [-0.3, -0.25) is 4.79 Å². The summed E-state index contributed by atoms with van der Waals surface area (Å²) < 4.78 is 5.11. The topological polar surface area (TPSA) is 68.6 Å². The van der Waals surface area contributed by atoms with Gasteiger partial charge in [0, 0.05) is 60.9 Å². The molecule has 0 aliphatic carbocycles. The van der Waals surface area contributed by atoms with Gasteiger partial charge in [0.05, 0.1) is 0 Å². The number of carbonyl (C=O) groups is 1. The molecule has 1 amide bonds. The SMILES string of the molecule is C=C(/C=c1/ccc(-c2ccc(/C=C(\C#N)C(=O)NC(C)(C)CCOC)s2)cc1=C)N1CCN(C)CC1. The fourth-order valence-electron chi connectivity index (χ4n) is 3.94. The van der Waals surface area contributed by atoms with E-state index >= 15 is 0 Å². The van der Waals surface area contributed by atoms with Gasteiger partial charge in [0.15, 0.2) is 0 Å². The zero-order valence-corrected chi connectivity index (χ0v) is 22.6. The molecule has 2 aromatic rings. The smallest absolute Gasteiger partial charge is 0.262 e. The van der Waals surface area contributed by atoms with Crippen molar-refractivity contribution in [2.75, 3.05) is 46.9 Å². The van der Waals surface area contributed by atoms with Gasteiger partial charge in [-0.05, 0) is 73.7 Å². The van der Waals surface area contributed by atoms with Gasteiger partial charge in [-0.15, -0.1) is 11.3 Å². The van der Waals surface area contributed by atoms with Crippen LogP contribution in [0.1, 0.15) is 25.1 Å². The predicted octanol–water partition coefficient (Wildman–Crippen LogP) is 3.21. The van der Waals surface area contributed by atoms with Gasteiger partial charge in [-0.25, -0.2) is 0 Å². The van der Waals surface area contributed by atoms with Gasteiger partial charge in [-0.2, -0.15) is 5.26 Å². The fraction of sp³-hybridized carbons (Fsp3) is 0.379. The molecular formula is C29H36N4O2S. The monoisotopic (exact) mass is 504 g/mol. The average molecular weight is 505 g/mol. The van der Waals surface area contributed by atoms with Crippen molar-refractivity contribution in [3.8, 4) is 16.5 Å². The number of allylic oxidation sites excluding steroid dienone is 1. The number of benzene rings is 1. The second-order valence-electron chi connectivity index (χ2n) is 9.79. The lowest BCUT2D eigenvalue weighted by atomic mass is 10.0. The lowest BCUT2D eigenvalue weighted by Gasteiger charge is -2.34. The second kappa shape index (κ2) is 12.2. The molecule has 3 rings (SSSR count). The summed E-state index contributed by atoms with van der Waals surface area (Å²) in [6.45, 7) is 16.9. The molecule has 6 nitrogen and oxygen atoms in total. The van der Waals surface area contributed by atoms with E-state index in [4.69, 9.17) is 4.74 Å². The molecule has 1 aromatic carbocycles. The molecule has 0 unspecified atom stereocenters. The van der Waals surface area contributed by atoms with Crippen molar-refractivity contribution in [1.82, 2.24) is 15.1 Å². The average Bonchev–Trinajstić information content (AvgIpc) is 3.31. The zero-order chi connectivity index (χ0) is 26.3. The Morgan fingerprint density at radius 3 is 2.61 bits per heavy atom. The molecule has 190 valence electrons. The van der Waals surface area contributed by atoms with Crippen LogP contribution in [-0.4, -0.2) is 68.2 Å². The number of hydrogen-bond acceptors (Lipinski definition) is 6. The van der Waals surface area contributed by atoms with E-state index < -0.39 is 5.54 Å². The van der Waals surface area contributed by atoms with Crippen LogP contribution in [0, 0.1) is 11.3 Å². The van der Waals surface area contributed by atoms with Gasteiger partial charge >= 0.3 is 0 Å². The maximum absolute atomic E-state index is 12.7.